The second-order valence-electron chi connectivity index (χ2n) is 6.42. The van der Waals surface area contributed by atoms with Crippen LogP contribution in [0.3, 0.4) is 0 Å². The summed E-state index contributed by atoms with van der Waals surface area (Å²) in [5, 5.41) is 9.47. The minimum Gasteiger partial charge on any atom is -0.300 e. The lowest BCUT2D eigenvalue weighted by Gasteiger charge is -2.20. The van der Waals surface area contributed by atoms with Crippen molar-refractivity contribution in [3.8, 4) is 5.69 Å². The summed E-state index contributed by atoms with van der Waals surface area (Å²) in [7, 11) is 3.96. The van der Waals surface area contributed by atoms with Crippen LogP contribution >= 0.6 is 23.5 Å². The first-order valence-electron chi connectivity index (χ1n) is 8.85. The van der Waals surface area contributed by atoms with Crippen LogP contribution in [0, 0.1) is 11.6 Å². The van der Waals surface area contributed by atoms with Crippen molar-refractivity contribution in [1.29, 1.82) is 0 Å². The molecule has 0 saturated carbocycles. The van der Waals surface area contributed by atoms with Crippen LogP contribution in [0.25, 0.3) is 5.69 Å². The first kappa shape index (κ1) is 20.8. The van der Waals surface area contributed by atoms with E-state index in [1.165, 1.54) is 30.0 Å². The molecule has 2 aromatic carbocycles. The molecule has 0 aliphatic rings. The van der Waals surface area contributed by atoms with Gasteiger partial charge in [-0.3, -0.25) is 9.47 Å². The second-order valence-corrected chi connectivity index (χ2v) is 8.62. The normalized spacial score (nSPS) is 12.5. The quantitative estimate of drug-likeness (QED) is 0.376. The van der Waals surface area contributed by atoms with Gasteiger partial charge in [-0.05, 0) is 57.4 Å². The van der Waals surface area contributed by atoms with Gasteiger partial charge >= 0.3 is 0 Å². The maximum Gasteiger partial charge on any atom is 0.195 e. The Labute approximate surface area is 172 Å². The van der Waals surface area contributed by atoms with Crippen LogP contribution in [0.1, 0.15) is 18.8 Å². The van der Waals surface area contributed by atoms with E-state index in [4.69, 9.17) is 0 Å². The van der Waals surface area contributed by atoms with Crippen LogP contribution in [0.4, 0.5) is 8.78 Å². The van der Waals surface area contributed by atoms with E-state index in [-0.39, 0.29) is 17.7 Å². The summed E-state index contributed by atoms with van der Waals surface area (Å²) in [5.41, 5.74) is 0.819. The van der Waals surface area contributed by atoms with Gasteiger partial charge in [0, 0.05) is 22.1 Å². The van der Waals surface area contributed by atoms with E-state index in [9.17, 15) is 8.78 Å². The van der Waals surface area contributed by atoms with Gasteiger partial charge in [-0.25, -0.2) is 8.78 Å². The van der Waals surface area contributed by atoms with Crippen molar-refractivity contribution in [1.82, 2.24) is 19.7 Å². The fourth-order valence-electron chi connectivity index (χ4n) is 2.56. The van der Waals surface area contributed by atoms with E-state index in [0.717, 1.165) is 28.2 Å². The summed E-state index contributed by atoms with van der Waals surface area (Å²) >= 11 is 3.03. The van der Waals surface area contributed by atoms with Crippen molar-refractivity contribution in [2.75, 3.05) is 25.6 Å². The largest absolute Gasteiger partial charge is 0.300 e. The first-order chi connectivity index (χ1) is 13.5. The number of hydrogen-bond donors (Lipinski definition) is 0. The lowest BCUT2D eigenvalue weighted by atomic mass is 10.2. The van der Waals surface area contributed by atoms with E-state index in [1.807, 2.05) is 36.6 Å². The maximum absolute atomic E-state index is 13.7. The molecule has 0 spiro atoms. The van der Waals surface area contributed by atoms with Crippen molar-refractivity contribution in [2.45, 2.75) is 23.0 Å². The number of benzene rings is 2. The van der Waals surface area contributed by atoms with Crippen LogP contribution in [0.5, 0.6) is 0 Å². The van der Waals surface area contributed by atoms with Crippen LogP contribution in [-0.2, 0) is 0 Å². The molecule has 0 unspecified atom stereocenters. The lowest BCUT2D eigenvalue weighted by molar-refractivity contribution is 0.305. The van der Waals surface area contributed by atoms with Gasteiger partial charge in [0.25, 0.3) is 0 Å². The Balaban J connectivity index is 1.76. The summed E-state index contributed by atoms with van der Waals surface area (Å²) in [4.78, 5) is 2.69. The maximum atomic E-state index is 13.7. The van der Waals surface area contributed by atoms with E-state index >= 15 is 0 Å². The third-order valence-electron chi connectivity index (χ3n) is 4.30. The zero-order valence-corrected chi connectivity index (χ0v) is 17.6. The highest BCUT2D eigenvalue weighted by Crippen LogP contribution is 2.28. The Morgan fingerprint density at radius 1 is 0.964 bits per heavy atom. The molecule has 148 valence electrons. The molecule has 0 fully saturated rings. The third-order valence-corrected chi connectivity index (χ3v) is 6.54. The number of nitrogens with zero attached hydrogens (tertiary/aromatic N) is 4. The lowest BCUT2D eigenvalue weighted by Crippen LogP contribution is -2.20. The van der Waals surface area contributed by atoms with Gasteiger partial charge in [-0.2, -0.15) is 0 Å². The fraction of sp³-hybridized carbons (Fsp3) is 0.300. The molecule has 0 amide bonds. The molecule has 1 atom stereocenters. The van der Waals surface area contributed by atoms with Crippen LogP contribution in [-0.4, -0.2) is 45.3 Å². The molecule has 1 heterocycles. The molecule has 1 aromatic heterocycles. The zero-order valence-electron chi connectivity index (χ0n) is 16.0. The highest BCUT2D eigenvalue weighted by Gasteiger charge is 2.21. The number of hydrogen-bond acceptors (Lipinski definition) is 5. The Bertz CT molecular complexity index is 913. The van der Waals surface area contributed by atoms with Gasteiger partial charge in [0.05, 0.1) is 6.04 Å². The van der Waals surface area contributed by atoms with E-state index in [2.05, 4.69) is 10.2 Å². The van der Waals surface area contributed by atoms with Gasteiger partial charge in [0.1, 0.15) is 11.6 Å². The predicted octanol–water partition coefficient (Wildman–Crippen LogP) is 5.05. The zero-order chi connectivity index (χ0) is 20.1. The monoisotopic (exact) mass is 420 g/mol. The van der Waals surface area contributed by atoms with E-state index in [1.54, 1.807) is 36.0 Å². The number of rotatable bonds is 8. The highest BCUT2D eigenvalue weighted by molar-refractivity contribution is 8.02. The molecule has 3 rings (SSSR count). The van der Waals surface area contributed by atoms with Crippen molar-refractivity contribution in [3.05, 3.63) is 66.0 Å². The van der Waals surface area contributed by atoms with Gasteiger partial charge < -0.3 is 0 Å². The van der Waals surface area contributed by atoms with Crippen LogP contribution in [0.15, 0.2) is 58.6 Å². The molecule has 4 nitrogen and oxygen atoms in total. The van der Waals surface area contributed by atoms with Crippen LogP contribution < -0.4 is 0 Å². The molecule has 0 N–H and O–H groups in total. The van der Waals surface area contributed by atoms with Crippen molar-refractivity contribution in [2.24, 2.45) is 0 Å². The summed E-state index contributed by atoms with van der Waals surface area (Å²) < 4.78 is 29.1. The topological polar surface area (TPSA) is 34.0 Å². The standard InChI is InChI=1S/C20H22F2N4S2/c1-14(25(2)3)19-23-24-20(26(19)16-10-8-15(21)9-11-16)28-13-12-27-18-7-5-4-6-17(18)22/h4-11,14H,12-13H2,1-3H3/t14-/m0/s1. The Morgan fingerprint density at radius 3 is 2.32 bits per heavy atom. The number of halogens is 2. The molecule has 0 aliphatic heterocycles. The average Bonchev–Trinajstić information content (AvgIpc) is 3.10. The molecular weight excluding hydrogens is 398 g/mol. The average molecular weight is 421 g/mol. The molecule has 8 heteroatoms. The van der Waals surface area contributed by atoms with Gasteiger partial charge in [-0.15, -0.1) is 22.0 Å². The second kappa shape index (κ2) is 9.54. The predicted molar refractivity (Wildman–Crippen MR) is 111 cm³/mol. The first-order valence-corrected chi connectivity index (χ1v) is 10.8. The minimum atomic E-state index is -0.283. The number of aromatic nitrogens is 3. The Hall–Kier alpha value is -1.90. The fourth-order valence-corrected chi connectivity index (χ4v) is 4.43. The summed E-state index contributed by atoms with van der Waals surface area (Å²) in [6, 6.07) is 13.1. The molecule has 0 radical (unpaired) electrons. The molecule has 0 aliphatic carbocycles. The molecular formula is C20H22F2N4S2. The third kappa shape index (κ3) is 4.92. The molecule has 0 bridgehead atoms. The van der Waals surface area contributed by atoms with Crippen LogP contribution in [0.2, 0.25) is 0 Å². The molecule has 28 heavy (non-hydrogen) atoms. The molecule has 0 saturated heterocycles. The minimum absolute atomic E-state index is 0.0414. The van der Waals surface area contributed by atoms with Crippen molar-refractivity contribution >= 4 is 23.5 Å². The smallest absolute Gasteiger partial charge is 0.195 e. The Kier molecular flexibility index (Phi) is 7.09. The van der Waals surface area contributed by atoms with Gasteiger partial charge in [0.15, 0.2) is 11.0 Å². The number of thioether (sulfide) groups is 2. The van der Waals surface area contributed by atoms with E-state index < -0.39 is 0 Å². The van der Waals surface area contributed by atoms with E-state index in [0.29, 0.717) is 4.90 Å². The molecule has 3 aromatic rings. The van der Waals surface area contributed by atoms with Crippen molar-refractivity contribution < 1.29 is 8.78 Å². The van der Waals surface area contributed by atoms with Crippen molar-refractivity contribution in [3.63, 3.8) is 0 Å². The Morgan fingerprint density at radius 2 is 1.64 bits per heavy atom. The summed E-state index contributed by atoms with van der Waals surface area (Å²) in [6.07, 6.45) is 0. The van der Waals surface area contributed by atoms with Gasteiger partial charge in [0.2, 0.25) is 0 Å². The highest BCUT2D eigenvalue weighted by atomic mass is 32.2. The summed E-state index contributed by atoms with van der Waals surface area (Å²) in [5.74, 6) is 1.79. The summed E-state index contributed by atoms with van der Waals surface area (Å²) in [6.45, 7) is 2.05. The SMILES string of the molecule is C[C@@H](c1nnc(SCCSc2ccccc2F)n1-c1ccc(F)cc1)N(C)C. The van der Waals surface area contributed by atoms with Gasteiger partial charge in [-0.1, -0.05) is 23.9 Å².